The van der Waals surface area contributed by atoms with Gasteiger partial charge in [-0.05, 0) is 36.4 Å². The molecule has 1 N–H and O–H groups in total. The number of piperidine rings is 1. The van der Waals surface area contributed by atoms with Crippen LogP contribution in [-0.4, -0.2) is 6.54 Å². The van der Waals surface area contributed by atoms with E-state index in [0.717, 1.165) is 11.4 Å². The molecule has 1 atom stereocenters. The zero-order valence-corrected chi connectivity index (χ0v) is 8.23. The monoisotopic (exact) mass is 192 g/mol. The summed E-state index contributed by atoms with van der Waals surface area (Å²) in [6.45, 7) is 1.11. The molecule has 0 bridgehead atoms. The Morgan fingerprint density at radius 1 is 1.54 bits per heavy atom. The molecule has 0 radical (unpaired) electrons. The number of nitriles is 1. The average Bonchev–Trinajstić information content (AvgIpc) is 2.67. The number of thiophene rings is 1. The Kier molecular flexibility index (Phi) is 2.62. The van der Waals surface area contributed by atoms with E-state index in [2.05, 4.69) is 16.8 Å². The van der Waals surface area contributed by atoms with Gasteiger partial charge in [0, 0.05) is 6.04 Å². The van der Waals surface area contributed by atoms with E-state index in [-0.39, 0.29) is 0 Å². The maximum absolute atomic E-state index is 8.69. The number of nitrogens with zero attached hydrogens (tertiary/aromatic N) is 1. The number of hydrogen-bond acceptors (Lipinski definition) is 3. The predicted octanol–water partition coefficient (Wildman–Crippen LogP) is 2.43. The highest BCUT2D eigenvalue weighted by Crippen LogP contribution is 2.26. The van der Waals surface area contributed by atoms with Gasteiger partial charge >= 0.3 is 0 Å². The second-order valence-corrected chi connectivity index (χ2v) is 4.27. The maximum atomic E-state index is 8.69. The number of nitrogens with one attached hydrogen (secondary N) is 1. The molecule has 2 rings (SSSR count). The summed E-state index contributed by atoms with van der Waals surface area (Å²) in [5.74, 6) is 0. The summed E-state index contributed by atoms with van der Waals surface area (Å²) < 4.78 is 0. The number of rotatable bonds is 1. The summed E-state index contributed by atoms with van der Waals surface area (Å²) in [7, 11) is 0. The Hall–Kier alpha value is -0.850. The molecule has 1 aliphatic rings. The van der Waals surface area contributed by atoms with Crippen LogP contribution in [0.15, 0.2) is 11.4 Å². The first-order valence-electron chi connectivity index (χ1n) is 4.62. The van der Waals surface area contributed by atoms with Gasteiger partial charge in [-0.3, -0.25) is 0 Å². The molecule has 0 aromatic carbocycles. The zero-order chi connectivity index (χ0) is 9.10. The van der Waals surface area contributed by atoms with Crippen molar-refractivity contribution in [2.75, 3.05) is 6.54 Å². The molecule has 0 spiro atoms. The molecule has 13 heavy (non-hydrogen) atoms. The lowest BCUT2D eigenvalue weighted by molar-refractivity contribution is 0.413. The lowest BCUT2D eigenvalue weighted by Crippen LogP contribution is -2.26. The minimum Gasteiger partial charge on any atom is -0.310 e. The summed E-state index contributed by atoms with van der Waals surface area (Å²) in [5, 5.41) is 14.3. The van der Waals surface area contributed by atoms with E-state index in [0.29, 0.717) is 6.04 Å². The highest BCUT2D eigenvalue weighted by Gasteiger charge is 2.15. The van der Waals surface area contributed by atoms with E-state index in [9.17, 15) is 0 Å². The van der Waals surface area contributed by atoms with Crippen molar-refractivity contribution in [1.29, 1.82) is 5.26 Å². The van der Waals surface area contributed by atoms with Crippen molar-refractivity contribution in [2.24, 2.45) is 0 Å². The van der Waals surface area contributed by atoms with E-state index in [1.54, 1.807) is 11.3 Å². The van der Waals surface area contributed by atoms with Crippen LogP contribution in [0.3, 0.4) is 0 Å². The van der Waals surface area contributed by atoms with Crippen LogP contribution >= 0.6 is 11.3 Å². The molecule has 3 heteroatoms. The Labute approximate surface area is 82.2 Å². The van der Waals surface area contributed by atoms with Crippen molar-refractivity contribution in [3.05, 3.63) is 21.9 Å². The standard InChI is InChI=1S/C10H12N2S/c11-6-9-5-8(7-13-9)10-3-1-2-4-12-10/h5,7,10,12H,1-4H2. The van der Waals surface area contributed by atoms with Gasteiger partial charge in [-0.2, -0.15) is 5.26 Å². The molecule has 1 unspecified atom stereocenters. The van der Waals surface area contributed by atoms with Gasteiger partial charge in [-0.15, -0.1) is 11.3 Å². The maximum Gasteiger partial charge on any atom is 0.110 e. The van der Waals surface area contributed by atoms with Gasteiger partial charge in [0.1, 0.15) is 10.9 Å². The highest BCUT2D eigenvalue weighted by molar-refractivity contribution is 7.10. The average molecular weight is 192 g/mol. The van der Waals surface area contributed by atoms with E-state index < -0.39 is 0 Å². The van der Waals surface area contributed by atoms with Gasteiger partial charge in [-0.25, -0.2) is 0 Å². The second kappa shape index (κ2) is 3.91. The fourth-order valence-electron chi connectivity index (χ4n) is 1.73. The fourth-order valence-corrected chi connectivity index (χ4v) is 2.48. The largest absolute Gasteiger partial charge is 0.310 e. The van der Waals surface area contributed by atoms with Gasteiger partial charge in [0.25, 0.3) is 0 Å². The smallest absolute Gasteiger partial charge is 0.110 e. The molecule has 1 fully saturated rings. The first-order valence-corrected chi connectivity index (χ1v) is 5.50. The predicted molar refractivity (Wildman–Crippen MR) is 53.6 cm³/mol. The van der Waals surface area contributed by atoms with Crippen LogP contribution in [-0.2, 0) is 0 Å². The molecule has 2 nitrogen and oxygen atoms in total. The molecule has 2 heterocycles. The van der Waals surface area contributed by atoms with Crippen LogP contribution < -0.4 is 5.32 Å². The van der Waals surface area contributed by atoms with Crippen molar-refractivity contribution in [2.45, 2.75) is 25.3 Å². The minimum absolute atomic E-state index is 0.493. The number of hydrogen-bond donors (Lipinski definition) is 1. The van der Waals surface area contributed by atoms with Crippen LogP contribution in [0.4, 0.5) is 0 Å². The Bertz CT molecular complexity index is 318. The molecule has 0 amide bonds. The lowest BCUT2D eigenvalue weighted by Gasteiger charge is -2.22. The van der Waals surface area contributed by atoms with Gasteiger partial charge in [-0.1, -0.05) is 6.42 Å². The molecular weight excluding hydrogens is 180 g/mol. The Morgan fingerprint density at radius 3 is 3.08 bits per heavy atom. The summed E-state index contributed by atoms with van der Waals surface area (Å²) in [6, 6.07) is 4.68. The van der Waals surface area contributed by atoms with Crippen molar-refractivity contribution < 1.29 is 0 Å². The fraction of sp³-hybridized carbons (Fsp3) is 0.500. The third-order valence-corrected chi connectivity index (χ3v) is 3.30. The molecule has 68 valence electrons. The SMILES string of the molecule is N#Cc1cc(C2CCCCN2)cs1. The van der Waals surface area contributed by atoms with Crippen LogP contribution in [0.2, 0.25) is 0 Å². The summed E-state index contributed by atoms with van der Waals surface area (Å²) in [5.41, 5.74) is 1.29. The lowest BCUT2D eigenvalue weighted by atomic mass is 10.00. The molecule has 0 saturated carbocycles. The van der Waals surface area contributed by atoms with Gasteiger partial charge < -0.3 is 5.32 Å². The van der Waals surface area contributed by atoms with Gasteiger partial charge in [0.15, 0.2) is 0 Å². The van der Waals surface area contributed by atoms with Gasteiger partial charge in [0.05, 0.1) is 0 Å². The van der Waals surface area contributed by atoms with E-state index in [1.165, 1.54) is 24.8 Å². The summed E-state index contributed by atoms with van der Waals surface area (Å²) >= 11 is 1.54. The van der Waals surface area contributed by atoms with Crippen molar-refractivity contribution in [1.82, 2.24) is 5.32 Å². The van der Waals surface area contributed by atoms with E-state index in [1.807, 2.05) is 6.07 Å². The topological polar surface area (TPSA) is 35.8 Å². The Balaban J connectivity index is 2.11. The first kappa shape index (κ1) is 8.74. The van der Waals surface area contributed by atoms with Crippen LogP contribution in [0.1, 0.15) is 35.7 Å². The van der Waals surface area contributed by atoms with E-state index >= 15 is 0 Å². The summed E-state index contributed by atoms with van der Waals surface area (Å²) in [6.07, 6.45) is 3.79. The molecule has 1 saturated heterocycles. The summed E-state index contributed by atoms with van der Waals surface area (Å²) in [4.78, 5) is 0.822. The first-order chi connectivity index (χ1) is 6.40. The van der Waals surface area contributed by atoms with Crippen LogP contribution in [0.25, 0.3) is 0 Å². The van der Waals surface area contributed by atoms with Crippen LogP contribution in [0, 0.1) is 11.3 Å². The normalized spacial score (nSPS) is 22.5. The van der Waals surface area contributed by atoms with Crippen molar-refractivity contribution in [3.63, 3.8) is 0 Å². The molecule has 1 aromatic rings. The van der Waals surface area contributed by atoms with Gasteiger partial charge in [0.2, 0.25) is 0 Å². The van der Waals surface area contributed by atoms with Crippen molar-refractivity contribution >= 4 is 11.3 Å². The highest BCUT2D eigenvalue weighted by atomic mass is 32.1. The molecule has 1 aromatic heterocycles. The molecule has 0 aliphatic carbocycles. The second-order valence-electron chi connectivity index (χ2n) is 3.36. The zero-order valence-electron chi connectivity index (χ0n) is 7.42. The van der Waals surface area contributed by atoms with E-state index in [4.69, 9.17) is 5.26 Å². The molecule has 1 aliphatic heterocycles. The third kappa shape index (κ3) is 1.90. The third-order valence-electron chi connectivity index (χ3n) is 2.44. The van der Waals surface area contributed by atoms with Crippen molar-refractivity contribution in [3.8, 4) is 6.07 Å². The minimum atomic E-state index is 0.493. The van der Waals surface area contributed by atoms with Crippen LogP contribution in [0.5, 0.6) is 0 Å². The Morgan fingerprint density at radius 2 is 2.46 bits per heavy atom. The quantitative estimate of drug-likeness (QED) is 0.741. The molecular formula is C10H12N2S.